The van der Waals surface area contributed by atoms with E-state index < -0.39 is 0 Å². The summed E-state index contributed by atoms with van der Waals surface area (Å²) in [5.74, 6) is -0.00278. The Hall–Kier alpha value is -2.25. The summed E-state index contributed by atoms with van der Waals surface area (Å²) in [6.45, 7) is 5.28. The largest absolute Gasteiger partial charge is 0.379 e. The van der Waals surface area contributed by atoms with Crippen LogP contribution >= 0.6 is 0 Å². The van der Waals surface area contributed by atoms with Gasteiger partial charge in [0.1, 0.15) is 5.78 Å². The van der Waals surface area contributed by atoms with Crippen LogP contribution in [0.4, 0.5) is 11.4 Å². The molecule has 0 heterocycles. The molecule has 2 amide bonds. The molecule has 0 aromatic heterocycles. The predicted octanol–water partition coefficient (Wildman–Crippen LogP) is 7.45. The van der Waals surface area contributed by atoms with Gasteiger partial charge in [-0.05, 0) is 37.6 Å². The Morgan fingerprint density at radius 3 is 1.39 bits per heavy atom. The highest BCUT2D eigenvalue weighted by Crippen LogP contribution is 2.16. The zero-order valence-electron chi connectivity index (χ0n) is 24.0. The summed E-state index contributed by atoms with van der Waals surface area (Å²) >= 11 is 0. The molecule has 2 N–H and O–H groups in total. The van der Waals surface area contributed by atoms with Crippen LogP contribution in [0.2, 0.25) is 0 Å². The molecule has 1 rings (SSSR count). The normalized spacial score (nSPS) is 10.9. The van der Waals surface area contributed by atoms with Gasteiger partial charge in [-0.2, -0.15) is 0 Å². The number of benzene rings is 1. The van der Waals surface area contributed by atoms with Crippen molar-refractivity contribution in [2.75, 3.05) is 37.1 Å². The highest BCUT2D eigenvalue weighted by Gasteiger charge is 2.05. The average Bonchev–Trinajstić information content (AvgIpc) is 2.89. The molecule has 0 aliphatic carbocycles. The quantitative estimate of drug-likeness (QED) is 0.128. The molecule has 1 aromatic carbocycles. The van der Waals surface area contributed by atoms with E-state index in [4.69, 9.17) is 9.47 Å². The number of carbonyl (C=O) groups is 3. The summed E-state index contributed by atoms with van der Waals surface area (Å²) in [7, 11) is 0. The third-order valence-corrected chi connectivity index (χ3v) is 6.40. The summed E-state index contributed by atoms with van der Waals surface area (Å²) in [5.41, 5.74) is 1.41. The van der Waals surface area contributed by atoms with Crippen LogP contribution in [-0.4, -0.2) is 44.0 Å². The number of ether oxygens (including phenoxy) is 2. The first-order chi connectivity index (χ1) is 18.5. The number of ketones is 1. The zero-order valence-corrected chi connectivity index (χ0v) is 24.0. The first-order valence-electron chi connectivity index (χ1n) is 14.9. The second-order valence-corrected chi connectivity index (χ2v) is 10.1. The van der Waals surface area contributed by atoms with Gasteiger partial charge in [-0.25, -0.2) is 0 Å². The molecule has 0 aliphatic heterocycles. The number of unbranched alkanes of at least 4 members (excludes halogenated alkanes) is 12. The summed E-state index contributed by atoms with van der Waals surface area (Å²) < 4.78 is 10.7. The first-order valence-corrected chi connectivity index (χ1v) is 14.9. The van der Waals surface area contributed by atoms with Gasteiger partial charge in [-0.1, -0.05) is 84.0 Å². The lowest BCUT2D eigenvalue weighted by Crippen LogP contribution is -2.15. The molecular weight excluding hydrogens is 480 g/mol. The number of rotatable bonds is 25. The Morgan fingerprint density at radius 2 is 0.947 bits per heavy atom. The molecular formula is C31H52N2O5. The number of nitrogens with one attached hydrogen (secondary N) is 2. The molecule has 0 atom stereocenters. The number of amides is 2. The van der Waals surface area contributed by atoms with E-state index in [9.17, 15) is 14.4 Å². The minimum Gasteiger partial charge on any atom is -0.379 e. The monoisotopic (exact) mass is 532 g/mol. The van der Waals surface area contributed by atoms with Gasteiger partial charge < -0.3 is 20.1 Å². The molecule has 0 bridgehead atoms. The van der Waals surface area contributed by atoms with E-state index in [1.807, 2.05) is 0 Å². The first kappa shape index (κ1) is 33.8. The number of hydrogen-bond acceptors (Lipinski definition) is 5. The van der Waals surface area contributed by atoms with E-state index >= 15 is 0 Å². The van der Waals surface area contributed by atoms with Crippen molar-refractivity contribution < 1.29 is 23.9 Å². The molecule has 0 aliphatic rings. The second-order valence-electron chi connectivity index (χ2n) is 10.1. The number of hydrogen-bond donors (Lipinski definition) is 2. The maximum Gasteiger partial charge on any atom is 0.226 e. The van der Waals surface area contributed by atoms with E-state index in [-0.39, 0.29) is 24.0 Å². The molecule has 0 unspecified atom stereocenters. The molecule has 1 aromatic rings. The maximum absolute atomic E-state index is 12.2. The highest BCUT2D eigenvalue weighted by molar-refractivity contribution is 5.92. The van der Waals surface area contributed by atoms with Crippen LogP contribution in [0.15, 0.2) is 24.3 Å². The van der Waals surface area contributed by atoms with Gasteiger partial charge in [-0.3, -0.25) is 14.4 Å². The molecule has 7 nitrogen and oxygen atoms in total. The van der Waals surface area contributed by atoms with Gasteiger partial charge in [0.25, 0.3) is 0 Å². The molecule has 38 heavy (non-hydrogen) atoms. The zero-order chi connectivity index (χ0) is 27.7. The van der Waals surface area contributed by atoms with Crippen LogP contribution < -0.4 is 10.6 Å². The van der Waals surface area contributed by atoms with Gasteiger partial charge in [0, 0.05) is 24.2 Å². The molecule has 0 spiro atoms. The van der Waals surface area contributed by atoms with E-state index in [0.717, 1.165) is 18.5 Å². The van der Waals surface area contributed by atoms with E-state index in [0.29, 0.717) is 45.0 Å². The maximum atomic E-state index is 12.2. The van der Waals surface area contributed by atoms with Crippen molar-refractivity contribution >= 4 is 29.0 Å². The van der Waals surface area contributed by atoms with E-state index in [1.54, 1.807) is 24.3 Å². The van der Waals surface area contributed by atoms with E-state index in [1.165, 1.54) is 77.6 Å². The summed E-state index contributed by atoms with van der Waals surface area (Å²) in [4.78, 5) is 35.1. The third kappa shape index (κ3) is 20.8. The Labute approximate surface area is 230 Å². The van der Waals surface area contributed by atoms with Crippen molar-refractivity contribution in [1.82, 2.24) is 0 Å². The lowest BCUT2D eigenvalue weighted by molar-refractivity contribution is -0.119. The second kappa shape index (κ2) is 23.8. The summed E-state index contributed by atoms with van der Waals surface area (Å²) in [6, 6.07) is 7.16. The Balaban J connectivity index is 2.01. The van der Waals surface area contributed by atoms with Crippen molar-refractivity contribution in [3.8, 4) is 0 Å². The number of Topliss-reactive ketones (excluding diaryl/α,β-unsaturated/α-hetero) is 1. The van der Waals surface area contributed by atoms with Crippen LogP contribution in [0.3, 0.4) is 0 Å². The fourth-order valence-corrected chi connectivity index (χ4v) is 4.09. The van der Waals surface area contributed by atoms with Gasteiger partial charge in [0.15, 0.2) is 0 Å². The fourth-order valence-electron chi connectivity index (χ4n) is 4.09. The van der Waals surface area contributed by atoms with Gasteiger partial charge in [-0.15, -0.1) is 0 Å². The van der Waals surface area contributed by atoms with Gasteiger partial charge in [0.2, 0.25) is 11.8 Å². The predicted molar refractivity (Wildman–Crippen MR) is 156 cm³/mol. The van der Waals surface area contributed by atoms with Crippen molar-refractivity contribution in [2.45, 2.75) is 117 Å². The average molecular weight is 533 g/mol. The highest BCUT2D eigenvalue weighted by atomic mass is 16.5. The smallest absolute Gasteiger partial charge is 0.226 e. The topological polar surface area (TPSA) is 93.7 Å². The molecule has 0 fully saturated rings. The summed E-state index contributed by atoms with van der Waals surface area (Å²) in [6.07, 6.45) is 18.0. The molecule has 7 heteroatoms. The van der Waals surface area contributed by atoms with Gasteiger partial charge >= 0.3 is 0 Å². The molecule has 216 valence electrons. The molecule has 0 saturated heterocycles. The standard InChI is InChI=1S/C31H52N2O5/c1-3-4-5-6-7-8-9-10-11-12-13-14-15-16-30(35)32-28-17-19-29(20-18-28)33-31(36)22-24-38-26-25-37-23-21-27(2)34/h17-20H,3-16,21-26H2,1-2H3,(H,32,35)(H,33,36). The Morgan fingerprint density at radius 1 is 0.553 bits per heavy atom. The number of carbonyl (C=O) groups excluding carboxylic acids is 3. The van der Waals surface area contributed by atoms with Crippen molar-refractivity contribution in [3.05, 3.63) is 24.3 Å². The van der Waals surface area contributed by atoms with Crippen molar-refractivity contribution in [1.29, 1.82) is 0 Å². The van der Waals surface area contributed by atoms with Crippen LogP contribution in [0.25, 0.3) is 0 Å². The fraction of sp³-hybridized carbons (Fsp3) is 0.710. The van der Waals surface area contributed by atoms with Gasteiger partial charge in [0.05, 0.1) is 32.8 Å². The van der Waals surface area contributed by atoms with Crippen LogP contribution in [-0.2, 0) is 23.9 Å². The van der Waals surface area contributed by atoms with E-state index in [2.05, 4.69) is 17.6 Å². The Bertz CT molecular complexity index is 751. The van der Waals surface area contributed by atoms with Crippen molar-refractivity contribution in [2.24, 2.45) is 0 Å². The minimum absolute atomic E-state index is 0.0345. The molecule has 0 saturated carbocycles. The lowest BCUT2D eigenvalue weighted by Gasteiger charge is -2.09. The lowest BCUT2D eigenvalue weighted by atomic mass is 10.0. The van der Waals surface area contributed by atoms with Crippen LogP contribution in [0.1, 0.15) is 117 Å². The van der Waals surface area contributed by atoms with Crippen LogP contribution in [0.5, 0.6) is 0 Å². The minimum atomic E-state index is -0.137. The summed E-state index contributed by atoms with van der Waals surface area (Å²) in [5, 5.41) is 5.76. The van der Waals surface area contributed by atoms with Crippen molar-refractivity contribution in [3.63, 3.8) is 0 Å². The van der Waals surface area contributed by atoms with Crippen LogP contribution in [0, 0.1) is 0 Å². The third-order valence-electron chi connectivity index (χ3n) is 6.40. The Kier molecular flexibility index (Phi) is 21.2. The number of anilines is 2. The SMILES string of the molecule is CCCCCCCCCCCCCCCC(=O)Nc1ccc(NC(=O)CCOCCOCCC(C)=O)cc1. The molecule has 0 radical (unpaired) electrons.